The quantitative estimate of drug-likeness (QED) is 0.904. The van der Waals surface area contributed by atoms with Gasteiger partial charge in [-0.05, 0) is 36.9 Å². The minimum Gasteiger partial charge on any atom is -0.337 e. The zero-order valence-electron chi connectivity index (χ0n) is 14.8. The van der Waals surface area contributed by atoms with Crippen LogP contribution in [0, 0.1) is 6.92 Å². The number of nitrogens with one attached hydrogen (secondary N) is 1. The molecule has 0 aliphatic carbocycles. The number of piperidine rings is 1. The maximum Gasteiger partial charge on any atom is 0.317 e. The Morgan fingerprint density at radius 2 is 1.96 bits per heavy atom. The third-order valence-corrected chi connectivity index (χ3v) is 5.39. The van der Waals surface area contributed by atoms with Gasteiger partial charge >= 0.3 is 6.03 Å². The number of carbonyl (C=O) groups excluding carboxylic acids is 1. The summed E-state index contributed by atoms with van der Waals surface area (Å²) in [5.74, 6) is -2.06. The van der Waals surface area contributed by atoms with E-state index in [1.54, 1.807) is 0 Å². The third kappa shape index (κ3) is 4.69. The monoisotopic (exact) mass is 351 g/mol. The summed E-state index contributed by atoms with van der Waals surface area (Å²) >= 11 is 0. The molecule has 0 aromatic heterocycles. The Morgan fingerprint density at radius 1 is 1.24 bits per heavy atom. The van der Waals surface area contributed by atoms with Gasteiger partial charge in [-0.1, -0.05) is 24.3 Å². The molecule has 0 radical (unpaired) electrons. The molecule has 6 heteroatoms. The lowest BCUT2D eigenvalue weighted by Crippen LogP contribution is -2.48. The Kier molecular flexibility index (Phi) is 5.57. The smallest absolute Gasteiger partial charge is 0.317 e. The van der Waals surface area contributed by atoms with Crippen LogP contribution in [0.4, 0.5) is 13.6 Å². The summed E-state index contributed by atoms with van der Waals surface area (Å²) in [7, 11) is 0. The van der Waals surface area contributed by atoms with Crippen LogP contribution in [0.1, 0.15) is 36.3 Å². The van der Waals surface area contributed by atoms with Crippen LogP contribution in [-0.4, -0.2) is 61.0 Å². The number of nitrogens with zero attached hydrogens (tertiary/aromatic N) is 2. The molecule has 4 nitrogen and oxygen atoms in total. The Labute approximate surface area is 148 Å². The van der Waals surface area contributed by atoms with Crippen molar-refractivity contribution in [2.45, 2.75) is 38.0 Å². The zero-order valence-corrected chi connectivity index (χ0v) is 14.8. The van der Waals surface area contributed by atoms with E-state index in [0.29, 0.717) is 12.5 Å². The molecule has 3 rings (SSSR count). The molecule has 1 atom stereocenters. The van der Waals surface area contributed by atoms with Crippen molar-refractivity contribution in [3.63, 3.8) is 0 Å². The number of benzene rings is 1. The molecule has 0 unspecified atom stereocenters. The molecule has 0 spiro atoms. The van der Waals surface area contributed by atoms with Gasteiger partial charge in [0.1, 0.15) is 0 Å². The van der Waals surface area contributed by atoms with Crippen molar-refractivity contribution in [1.29, 1.82) is 0 Å². The van der Waals surface area contributed by atoms with Crippen LogP contribution in [0.2, 0.25) is 0 Å². The largest absolute Gasteiger partial charge is 0.337 e. The van der Waals surface area contributed by atoms with E-state index in [4.69, 9.17) is 0 Å². The Morgan fingerprint density at radius 3 is 2.68 bits per heavy atom. The fourth-order valence-corrected chi connectivity index (χ4v) is 3.80. The number of amides is 2. The summed E-state index contributed by atoms with van der Waals surface area (Å²) in [6.45, 7) is 5.84. The normalized spacial score (nSPS) is 23.6. The molecule has 1 aromatic carbocycles. The summed E-state index contributed by atoms with van der Waals surface area (Å²) in [4.78, 5) is 15.9. The number of halogens is 2. The van der Waals surface area contributed by atoms with E-state index in [-0.39, 0.29) is 32.0 Å². The highest BCUT2D eigenvalue weighted by Crippen LogP contribution is 2.29. The van der Waals surface area contributed by atoms with Crippen molar-refractivity contribution in [1.82, 2.24) is 15.1 Å². The van der Waals surface area contributed by atoms with E-state index < -0.39 is 5.92 Å². The van der Waals surface area contributed by atoms with Gasteiger partial charge in [-0.25, -0.2) is 13.6 Å². The van der Waals surface area contributed by atoms with Crippen LogP contribution in [0.3, 0.4) is 0 Å². The van der Waals surface area contributed by atoms with Crippen molar-refractivity contribution in [3.05, 3.63) is 35.4 Å². The average molecular weight is 351 g/mol. The molecule has 1 N–H and O–H groups in total. The van der Waals surface area contributed by atoms with E-state index in [1.807, 2.05) is 0 Å². The van der Waals surface area contributed by atoms with E-state index >= 15 is 0 Å². The number of hydrogen-bond acceptors (Lipinski definition) is 2. The maximum atomic E-state index is 13.1. The van der Waals surface area contributed by atoms with Gasteiger partial charge in [-0.2, -0.15) is 0 Å². The summed E-state index contributed by atoms with van der Waals surface area (Å²) < 4.78 is 26.3. The molecule has 2 aliphatic rings. The molecule has 25 heavy (non-hydrogen) atoms. The molecule has 2 aliphatic heterocycles. The van der Waals surface area contributed by atoms with Crippen molar-refractivity contribution >= 4 is 6.03 Å². The minimum atomic E-state index is -2.61. The van der Waals surface area contributed by atoms with Crippen LogP contribution in [0.5, 0.6) is 0 Å². The highest BCUT2D eigenvalue weighted by atomic mass is 19.3. The molecule has 2 amide bonds. The standard InChI is InChI=1S/C19H27F2N3O/c1-15-4-2-3-5-17(15)16-6-10-23(14-16)13-9-22-18(25)24-11-7-19(20,21)8-12-24/h2-5,16H,6-14H2,1H3,(H,22,25)/t16-/m1/s1. The van der Waals surface area contributed by atoms with E-state index in [1.165, 1.54) is 16.0 Å². The predicted octanol–water partition coefficient (Wildman–Crippen LogP) is 3.23. The molecule has 138 valence electrons. The lowest BCUT2D eigenvalue weighted by molar-refractivity contribution is -0.0469. The topological polar surface area (TPSA) is 35.6 Å². The van der Waals surface area contributed by atoms with Gasteiger partial charge in [-0.3, -0.25) is 0 Å². The van der Waals surface area contributed by atoms with E-state index in [2.05, 4.69) is 41.4 Å². The fourth-order valence-electron chi connectivity index (χ4n) is 3.80. The first-order valence-electron chi connectivity index (χ1n) is 9.13. The highest BCUT2D eigenvalue weighted by molar-refractivity contribution is 5.74. The SMILES string of the molecule is Cc1ccccc1[C@@H]1CCN(CCNC(=O)N2CCC(F)(F)CC2)C1. The number of carbonyl (C=O) groups is 1. The second-order valence-electron chi connectivity index (χ2n) is 7.22. The summed E-state index contributed by atoms with van der Waals surface area (Å²) in [5.41, 5.74) is 2.76. The number of alkyl halides is 2. The van der Waals surface area contributed by atoms with Crippen molar-refractivity contribution in [2.24, 2.45) is 0 Å². The lowest BCUT2D eigenvalue weighted by atomic mass is 9.94. The summed E-state index contributed by atoms with van der Waals surface area (Å²) in [6.07, 6.45) is 0.676. The van der Waals surface area contributed by atoms with Crippen molar-refractivity contribution in [3.8, 4) is 0 Å². The molecule has 1 aromatic rings. The van der Waals surface area contributed by atoms with Gasteiger partial charge in [0.2, 0.25) is 0 Å². The van der Waals surface area contributed by atoms with Gasteiger partial charge in [0.05, 0.1) is 0 Å². The van der Waals surface area contributed by atoms with Crippen LogP contribution >= 0.6 is 0 Å². The van der Waals surface area contributed by atoms with Gasteiger partial charge < -0.3 is 15.1 Å². The zero-order chi connectivity index (χ0) is 17.9. The van der Waals surface area contributed by atoms with Gasteiger partial charge in [0.25, 0.3) is 5.92 Å². The Bertz CT molecular complexity index is 598. The first-order chi connectivity index (χ1) is 11.9. The summed E-state index contributed by atoms with van der Waals surface area (Å²) in [5, 5.41) is 2.87. The molecule has 2 fully saturated rings. The van der Waals surface area contributed by atoms with Crippen molar-refractivity contribution in [2.75, 3.05) is 39.3 Å². The fraction of sp³-hybridized carbons (Fsp3) is 0.632. The lowest BCUT2D eigenvalue weighted by Gasteiger charge is -2.31. The molecular weight excluding hydrogens is 324 g/mol. The number of rotatable bonds is 4. The third-order valence-electron chi connectivity index (χ3n) is 5.39. The van der Waals surface area contributed by atoms with Crippen LogP contribution in [-0.2, 0) is 0 Å². The van der Waals surface area contributed by atoms with Gasteiger partial charge in [0.15, 0.2) is 0 Å². The van der Waals surface area contributed by atoms with Gasteiger partial charge in [-0.15, -0.1) is 0 Å². The second kappa shape index (κ2) is 7.68. The first kappa shape index (κ1) is 18.1. The minimum absolute atomic E-state index is 0.137. The Hall–Kier alpha value is -1.69. The van der Waals surface area contributed by atoms with Crippen LogP contribution in [0.25, 0.3) is 0 Å². The summed E-state index contributed by atoms with van der Waals surface area (Å²) in [6, 6.07) is 8.30. The van der Waals surface area contributed by atoms with E-state index in [0.717, 1.165) is 26.1 Å². The first-order valence-corrected chi connectivity index (χ1v) is 9.13. The maximum absolute atomic E-state index is 13.1. The van der Waals surface area contributed by atoms with E-state index in [9.17, 15) is 13.6 Å². The molecule has 0 saturated carbocycles. The number of likely N-dealkylation sites (tertiary alicyclic amines) is 2. The molecule has 2 saturated heterocycles. The van der Waals surface area contributed by atoms with Gasteiger partial charge in [0, 0.05) is 45.6 Å². The predicted molar refractivity (Wildman–Crippen MR) is 94.1 cm³/mol. The molecule has 0 bridgehead atoms. The Balaban J connectivity index is 1.39. The molecular formula is C19H27F2N3O. The number of urea groups is 1. The van der Waals surface area contributed by atoms with Crippen molar-refractivity contribution < 1.29 is 13.6 Å². The average Bonchev–Trinajstić information content (AvgIpc) is 3.03. The number of aryl methyl sites for hydroxylation is 1. The second-order valence-corrected chi connectivity index (χ2v) is 7.22. The number of hydrogen-bond donors (Lipinski definition) is 1. The highest BCUT2D eigenvalue weighted by Gasteiger charge is 2.35. The molecule has 2 heterocycles. The van der Waals surface area contributed by atoms with Crippen LogP contribution in [0.15, 0.2) is 24.3 Å². The van der Waals surface area contributed by atoms with Crippen LogP contribution < -0.4 is 5.32 Å².